The molecule has 3 aromatic rings. The molecule has 0 bridgehead atoms. The molecule has 0 unspecified atom stereocenters. The second-order valence-electron chi connectivity index (χ2n) is 6.11. The first-order valence-corrected chi connectivity index (χ1v) is 8.17. The van der Waals surface area contributed by atoms with Crippen LogP contribution in [-0.4, -0.2) is 36.5 Å². The van der Waals surface area contributed by atoms with Crippen molar-refractivity contribution >= 4 is 17.6 Å². The third kappa shape index (κ3) is 4.20. The molecule has 2 N–H and O–H groups in total. The zero-order chi connectivity index (χ0) is 19.6. The molecule has 0 saturated heterocycles. The minimum absolute atomic E-state index is 0.0121. The Morgan fingerprint density at radius 1 is 1.30 bits per heavy atom. The highest BCUT2D eigenvalue weighted by atomic mass is 19.1. The standard InChI is InChI=1S/C18H18FN5O3/c1-11-17(21-16(25)10-23-9-14(7-20-23)18(26)27)12(2)24(22-11)8-13-4-3-5-15(19)6-13/h3-7,9H,8,10H2,1-2H3,(H,21,25)(H,26,27). The fraction of sp³-hybridized carbons (Fsp3) is 0.222. The molecule has 8 nitrogen and oxygen atoms in total. The van der Waals surface area contributed by atoms with Crippen molar-refractivity contribution in [2.24, 2.45) is 0 Å². The molecule has 0 spiro atoms. The second-order valence-corrected chi connectivity index (χ2v) is 6.11. The number of carbonyl (C=O) groups excluding carboxylic acids is 1. The number of aromatic carboxylic acids is 1. The van der Waals surface area contributed by atoms with Crippen LogP contribution in [0.15, 0.2) is 36.7 Å². The van der Waals surface area contributed by atoms with Crippen molar-refractivity contribution < 1.29 is 19.1 Å². The number of halogens is 1. The van der Waals surface area contributed by atoms with E-state index in [0.29, 0.717) is 17.9 Å². The third-order valence-electron chi connectivity index (χ3n) is 4.05. The van der Waals surface area contributed by atoms with Gasteiger partial charge in [0.05, 0.1) is 35.4 Å². The van der Waals surface area contributed by atoms with Gasteiger partial charge < -0.3 is 10.4 Å². The Hall–Kier alpha value is -3.49. The minimum Gasteiger partial charge on any atom is -0.478 e. The van der Waals surface area contributed by atoms with E-state index < -0.39 is 5.97 Å². The smallest absolute Gasteiger partial charge is 0.338 e. The van der Waals surface area contributed by atoms with Gasteiger partial charge in [0.25, 0.3) is 0 Å². The average molecular weight is 371 g/mol. The molecule has 3 rings (SSSR count). The van der Waals surface area contributed by atoms with Crippen molar-refractivity contribution in [1.82, 2.24) is 19.6 Å². The van der Waals surface area contributed by atoms with Gasteiger partial charge in [0.15, 0.2) is 0 Å². The summed E-state index contributed by atoms with van der Waals surface area (Å²) in [6.07, 6.45) is 2.47. The van der Waals surface area contributed by atoms with Crippen LogP contribution in [0.3, 0.4) is 0 Å². The second kappa shape index (κ2) is 7.40. The predicted octanol–water partition coefficient (Wildman–Crippen LogP) is 2.22. The molecule has 1 amide bonds. The van der Waals surface area contributed by atoms with Gasteiger partial charge >= 0.3 is 5.97 Å². The first kappa shape index (κ1) is 18.3. The van der Waals surface area contributed by atoms with Gasteiger partial charge in [-0.15, -0.1) is 0 Å². The average Bonchev–Trinajstić information content (AvgIpc) is 3.16. The summed E-state index contributed by atoms with van der Waals surface area (Å²) in [6.45, 7) is 3.83. The molecule has 27 heavy (non-hydrogen) atoms. The highest BCUT2D eigenvalue weighted by molar-refractivity contribution is 5.92. The van der Waals surface area contributed by atoms with E-state index in [1.165, 1.54) is 29.2 Å². The Balaban J connectivity index is 1.72. The molecule has 2 aromatic heterocycles. The topological polar surface area (TPSA) is 102 Å². The molecule has 0 aliphatic carbocycles. The fourth-order valence-corrected chi connectivity index (χ4v) is 2.73. The molecule has 9 heteroatoms. The predicted molar refractivity (Wildman–Crippen MR) is 95.0 cm³/mol. The number of carbonyl (C=O) groups is 2. The Kier molecular flexibility index (Phi) is 5.02. The molecule has 140 valence electrons. The van der Waals surface area contributed by atoms with Gasteiger partial charge in [0.2, 0.25) is 5.91 Å². The number of rotatable bonds is 6. The van der Waals surface area contributed by atoms with Crippen molar-refractivity contribution in [3.63, 3.8) is 0 Å². The molecule has 0 radical (unpaired) electrons. The van der Waals surface area contributed by atoms with E-state index in [4.69, 9.17) is 5.11 Å². The van der Waals surface area contributed by atoms with E-state index in [0.717, 1.165) is 11.3 Å². The van der Waals surface area contributed by atoms with Gasteiger partial charge in [-0.2, -0.15) is 10.2 Å². The maximum absolute atomic E-state index is 13.4. The molecule has 2 heterocycles. The summed E-state index contributed by atoms with van der Waals surface area (Å²) in [6, 6.07) is 6.25. The summed E-state index contributed by atoms with van der Waals surface area (Å²) < 4.78 is 16.3. The fourth-order valence-electron chi connectivity index (χ4n) is 2.73. The number of benzene rings is 1. The van der Waals surface area contributed by atoms with Gasteiger partial charge in [-0.1, -0.05) is 12.1 Å². The van der Waals surface area contributed by atoms with Crippen LogP contribution in [0.5, 0.6) is 0 Å². The number of anilines is 1. The van der Waals surface area contributed by atoms with Crippen molar-refractivity contribution in [3.8, 4) is 0 Å². The number of nitrogens with one attached hydrogen (secondary N) is 1. The highest BCUT2D eigenvalue weighted by Gasteiger charge is 2.16. The Morgan fingerprint density at radius 2 is 2.07 bits per heavy atom. The van der Waals surface area contributed by atoms with E-state index in [1.54, 1.807) is 23.7 Å². The van der Waals surface area contributed by atoms with E-state index in [2.05, 4.69) is 15.5 Å². The van der Waals surface area contributed by atoms with Crippen LogP contribution < -0.4 is 5.32 Å². The van der Waals surface area contributed by atoms with Gasteiger partial charge in [0, 0.05) is 6.20 Å². The molecule has 0 atom stereocenters. The minimum atomic E-state index is -1.10. The Bertz CT molecular complexity index is 1010. The summed E-state index contributed by atoms with van der Waals surface area (Å²) in [5, 5.41) is 19.9. The summed E-state index contributed by atoms with van der Waals surface area (Å²) in [5.41, 5.74) is 2.71. The molecular formula is C18H18FN5O3. The zero-order valence-electron chi connectivity index (χ0n) is 14.8. The molecule has 0 fully saturated rings. The number of amides is 1. The molecule has 0 aliphatic heterocycles. The van der Waals surface area contributed by atoms with Crippen molar-refractivity contribution in [1.29, 1.82) is 0 Å². The molecular weight excluding hydrogens is 353 g/mol. The van der Waals surface area contributed by atoms with Gasteiger partial charge in [-0.3, -0.25) is 14.2 Å². The van der Waals surface area contributed by atoms with Crippen LogP contribution in [0.4, 0.5) is 10.1 Å². The van der Waals surface area contributed by atoms with Crippen molar-refractivity contribution in [3.05, 3.63) is 65.0 Å². The Labute approximate surface area is 154 Å². The highest BCUT2D eigenvalue weighted by Crippen LogP contribution is 2.20. The van der Waals surface area contributed by atoms with E-state index in [-0.39, 0.29) is 23.8 Å². The maximum Gasteiger partial charge on any atom is 0.338 e. The number of carboxylic acids is 1. The van der Waals surface area contributed by atoms with Crippen molar-refractivity contribution in [2.45, 2.75) is 26.9 Å². The van der Waals surface area contributed by atoms with Crippen LogP contribution in [0.25, 0.3) is 0 Å². The van der Waals surface area contributed by atoms with Gasteiger partial charge in [0.1, 0.15) is 12.4 Å². The molecule has 0 aliphatic rings. The van der Waals surface area contributed by atoms with Crippen LogP contribution in [0, 0.1) is 19.7 Å². The lowest BCUT2D eigenvalue weighted by molar-refractivity contribution is -0.116. The number of aryl methyl sites for hydroxylation is 1. The van der Waals surface area contributed by atoms with Gasteiger partial charge in [-0.25, -0.2) is 9.18 Å². The summed E-state index contributed by atoms with van der Waals surface area (Å²) in [4.78, 5) is 23.1. The maximum atomic E-state index is 13.4. The normalized spacial score (nSPS) is 10.8. The summed E-state index contributed by atoms with van der Waals surface area (Å²) in [5.74, 6) is -1.78. The van der Waals surface area contributed by atoms with Crippen molar-refractivity contribution in [2.75, 3.05) is 5.32 Å². The number of carboxylic acid groups (broad SMARTS) is 1. The largest absolute Gasteiger partial charge is 0.478 e. The quantitative estimate of drug-likeness (QED) is 0.692. The van der Waals surface area contributed by atoms with Gasteiger partial charge in [-0.05, 0) is 31.5 Å². The number of hydrogen-bond acceptors (Lipinski definition) is 4. The lowest BCUT2D eigenvalue weighted by Gasteiger charge is -2.07. The Morgan fingerprint density at radius 3 is 2.74 bits per heavy atom. The SMILES string of the molecule is Cc1nn(Cc2cccc(F)c2)c(C)c1NC(=O)Cn1cc(C(=O)O)cn1. The van der Waals surface area contributed by atoms with E-state index in [1.807, 2.05) is 6.92 Å². The number of aromatic nitrogens is 4. The lowest BCUT2D eigenvalue weighted by Crippen LogP contribution is -2.20. The van der Waals surface area contributed by atoms with Crippen LogP contribution in [0.1, 0.15) is 27.3 Å². The first-order chi connectivity index (χ1) is 12.8. The summed E-state index contributed by atoms with van der Waals surface area (Å²) >= 11 is 0. The zero-order valence-corrected chi connectivity index (χ0v) is 14.8. The van der Waals surface area contributed by atoms with E-state index in [9.17, 15) is 14.0 Å². The molecule has 0 saturated carbocycles. The van der Waals surface area contributed by atoms with Crippen LogP contribution in [-0.2, 0) is 17.9 Å². The molecule has 1 aromatic carbocycles. The number of nitrogens with zero attached hydrogens (tertiary/aromatic N) is 4. The van der Waals surface area contributed by atoms with E-state index >= 15 is 0 Å². The summed E-state index contributed by atoms with van der Waals surface area (Å²) in [7, 11) is 0. The first-order valence-electron chi connectivity index (χ1n) is 8.17. The third-order valence-corrected chi connectivity index (χ3v) is 4.05. The lowest BCUT2D eigenvalue weighted by atomic mass is 10.2. The number of hydrogen-bond donors (Lipinski definition) is 2. The monoisotopic (exact) mass is 371 g/mol. The van der Waals surface area contributed by atoms with Crippen LogP contribution >= 0.6 is 0 Å². The van der Waals surface area contributed by atoms with Crippen LogP contribution in [0.2, 0.25) is 0 Å².